The summed E-state index contributed by atoms with van der Waals surface area (Å²) in [7, 11) is 0. The number of nitrogens with one attached hydrogen (secondary N) is 2. The minimum atomic E-state index is -0.578. The third kappa shape index (κ3) is 4.78. The van der Waals surface area contributed by atoms with Gasteiger partial charge in [-0.15, -0.1) is 0 Å². The average Bonchev–Trinajstić information content (AvgIpc) is 3.22. The first-order valence-electron chi connectivity index (χ1n) is 12.7. The second-order valence-corrected chi connectivity index (χ2v) is 10.0. The van der Waals surface area contributed by atoms with Gasteiger partial charge >= 0.3 is 5.69 Å². The lowest BCUT2D eigenvalue weighted by atomic mass is 9.98. The number of hydrogen-bond acceptors (Lipinski definition) is 3. The number of rotatable bonds is 6. The van der Waals surface area contributed by atoms with Gasteiger partial charge in [0.05, 0.1) is 17.5 Å². The van der Waals surface area contributed by atoms with Crippen LogP contribution in [0.2, 0.25) is 0 Å². The molecule has 1 unspecified atom stereocenters. The molecular formula is C29H32N4O3. The van der Waals surface area contributed by atoms with Crippen LogP contribution in [0, 0.1) is 5.92 Å². The summed E-state index contributed by atoms with van der Waals surface area (Å²) in [6.07, 6.45) is 1.62. The van der Waals surface area contributed by atoms with Crippen molar-refractivity contribution in [3.05, 3.63) is 82.8 Å². The number of hydrogen-bond donors (Lipinski definition) is 2. The van der Waals surface area contributed by atoms with Crippen molar-refractivity contribution in [1.29, 1.82) is 0 Å². The van der Waals surface area contributed by atoms with E-state index in [2.05, 4.69) is 10.3 Å². The van der Waals surface area contributed by atoms with Crippen molar-refractivity contribution < 1.29 is 9.59 Å². The first kappa shape index (κ1) is 23.9. The minimum Gasteiger partial charge on any atom is -0.344 e. The lowest BCUT2D eigenvalue weighted by Crippen LogP contribution is -2.53. The molecule has 1 aliphatic heterocycles. The van der Waals surface area contributed by atoms with Crippen molar-refractivity contribution in [2.75, 3.05) is 13.1 Å². The van der Waals surface area contributed by atoms with Crippen LogP contribution in [-0.4, -0.2) is 45.4 Å². The van der Waals surface area contributed by atoms with Crippen LogP contribution in [0.5, 0.6) is 0 Å². The molecule has 0 radical (unpaired) electrons. The summed E-state index contributed by atoms with van der Waals surface area (Å²) in [6, 6.07) is 21.2. The molecule has 2 heterocycles. The van der Waals surface area contributed by atoms with E-state index in [4.69, 9.17) is 0 Å². The molecule has 1 fully saturated rings. The van der Waals surface area contributed by atoms with Gasteiger partial charge in [-0.25, -0.2) is 4.79 Å². The number of nitrogens with zero attached hydrogens (tertiary/aromatic N) is 2. The van der Waals surface area contributed by atoms with E-state index >= 15 is 0 Å². The van der Waals surface area contributed by atoms with Gasteiger partial charge in [0.25, 0.3) is 0 Å². The SMILES string of the molecule is CC(C)C(NC(=O)Cc1ccc2ccccc2c1)C(=O)N1CCC(n2c(=O)[nH]c3ccccc32)CC1. The Balaban J connectivity index is 1.23. The van der Waals surface area contributed by atoms with Gasteiger partial charge < -0.3 is 15.2 Å². The fourth-order valence-corrected chi connectivity index (χ4v) is 5.25. The molecule has 1 aliphatic rings. The van der Waals surface area contributed by atoms with Gasteiger partial charge in [-0.3, -0.25) is 14.2 Å². The topological polar surface area (TPSA) is 87.2 Å². The van der Waals surface area contributed by atoms with E-state index in [9.17, 15) is 14.4 Å². The molecule has 0 bridgehead atoms. The summed E-state index contributed by atoms with van der Waals surface area (Å²) in [4.78, 5) is 43.6. The number of H-pyrrole nitrogens is 1. The molecular weight excluding hydrogens is 452 g/mol. The largest absolute Gasteiger partial charge is 0.344 e. The molecule has 0 aliphatic carbocycles. The van der Waals surface area contributed by atoms with E-state index in [0.29, 0.717) is 25.9 Å². The Hall–Kier alpha value is -3.87. The second kappa shape index (κ2) is 10.0. The van der Waals surface area contributed by atoms with Crippen LogP contribution in [0.25, 0.3) is 21.8 Å². The smallest absolute Gasteiger partial charge is 0.326 e. The Kier molecular flexibility index (Phi) is 6.63. The monoisotopic (exact) mass is 484 g/mol. The lowest BCUT2D eigenvalue weighted by Gasteiger charge is -2.35. The molecule has 7 nitrogen and oxygen atoms in total. The Bertz CT molecular complexity index is 1460. The molecule has 1 saturated heterocycles. The summed E-state index contributed by atoms with van der Waals surface area (Å²) in [5.74, 6) is -0.244. The van der Waals surface area contributed by atoms with E-state index in [0.717, 1.165) is 27.4 Å². The first-order valence-corrected chi connectivity index (χ1v) is 12.7. The maximum Gasteiger partial charge on any atom is 0.326 e. The van der Waals surface area contributed by atoms with Crippen LogP contribution < -0.4 is 11.0 Å². The normalized spacial score (nSPS) is 15.5. The third-order valence-electron chi connectivity index (χ3n) is 7.19. The van der Waals surface area contributed by atoms with Crippen LogP contribution in [0.3, 0.4) is 0 Å². The molecule has 2 N–H and O–H groups in total. The number of amides is 2. The standard InChI is InChI=1S/C29H32N4O3/c1-19(2)27(31-26(34)18-20-11-12-21-7-3-4-8-22(21)17-20)28(35)32-15-13-23(14-16-32)33-25-10-6-5-9-24(25)30-29(33)36/h3-12,17,19,23,27H,13-16,18H2,1-2H3,(H,30,36)(H,31,34). The van der Waals surface area contributed by atoms with Gasteiger partial charge in [0, 0.05) is 19.1 Å². The predicted octanol–water partition coefficient (Wildman–Crippen LogP) is 4.03. The van der Waals surface area contributed by atoms with E-state index in [1.807, 2.05) is 90.0 Å². The van der Waals surface area contributed by atoms with Gasteiger partial charge in [0.1, 0.15) is 6.04 Å². The molecule has 1 aromatic heterocycles. The maximum atomic E-state index is 13.4. The van der Waals surface area contributed by atoms with Gasteiger partial charge in [0.2, 0.25) is 11.8 Å². The molecule has 36 heavy (non-hydrogen) atoms. The van der Waals surface area contributed by atoms with Crippen LogP contribution in [0.4, 0.5) is 0 Å². The van der Waals surface area contributed by atoms with E-state index in [1.54, 1.807) is 0 Å². The fraction of sp³-hybridized carbons (Fsp3) is 0.345. The average molecular weight is 485 g/mol. The Morgan fingerprint density at radius 3 is 2.42 bits per heavy atom. The molecule has 2 amide bonds. The molecule has 1 atom stereocenters. The summed E-state index contributed by atoms with van der Waals surface area (Å²) in [5, 5.41) is 5.22. The first-order chi connectivity index (χ1) is 17.4. The number of likely N-dealkylation sites (tertiary alicyclic amines) is 1. The van der Waals surface area contributed by atoms with E-state index in [-0.39, 0.29) is 35.9 Å². The number of aromatic amines is 1. The zero-order valence-corrected chi connectivity index (χ0v) is 20.7. The number of fused-ring (bicyclic) bond motifs is 2. The number of carbonyl (C=O) groups excluding carboxylic acids is 2. The van der Waals surface area contributed by atoms with Crippen LogP contribution >= 0.6 is 0 Å². The van der Waals surface area contributed by atoms with Crippen molar-refractivity contribution in [3.8, 4) is 0 Å². The number of piperidine rings is 1. The zero-order chi connectivity index (χ0) is 25.2. The van der Waals surface area contributed by atoms with Crippen molar-refractivity contribution in [1.82, 2.24) is 19.8 Å². The number of aromatic nitrogens is 2. The summed E-state index contributed by atoms with van der Waals surface area (Å²) in [5.41, 5.74) is 2.54. The van der Waals surface area contributed by atoms with E-state index < -0.39 is 6.04 Å². The van der Waals surface area contributed by atoms with Crippen LogP contribution in [0.15, 0.2) is 71.5 Å². The van der Waals surface area contributed by atoms with Gasteiger partial charge in [-0.2, -0.15) is 0 Å². The number of benzene rings is 3. The molecule has 7 heteroatoms. The molecule has 0 spiro atoms. The molecule has 5 rings (SSSR count). The highest BCUT2D eigenvalue weighted by atomic mass is 16.2. The van der Waals surface area contributed by atoms with Crippen LogP contribution in [-0.2, 0) is 16.0 Å². The van der Waals surface area contributed by atoms with Crippen molar-refractivity contribution >= 4 is 33.6 Å². The zero-order valence-electron chi connectivity index (χ0n) is 20.7. The Morgan fingerprint density at radius 1 is 0.972 bits per heavy atom. The van der Waals surface area contributed by atoms with Crippen LogP contribution in [0.1, 0.15) is 38.3 Å². The fourth-order valence-electron chi connectivity index (χ4n) is 5.25. The predicted molar refractivity (Wildman–Crippen MR) is 142 cm³/mol. The Labute approximate surface area is 210 Å². The minimum absolute atomic E-state index is 0.0352. The molecule has 186 valence electrons. The molecule has 4 aromatic rings. The third-order valence-corrected chi connectivity index (χ3v) is 7.19. The van der Waals surface area contributed by atoms with Crippen molar-refractivity contribution in [2.24, 2.45) is 5.92 Å². The number of para-hydroxylation sites is 2. The van der Waals surface area contributed by atoms with Gasteiger partial charge in [0.15, 0.2) is 0 Å². The quantitative estimate of drug-likeness (QED) is 0.433. The molecule has 0 saturated carbocycles. The van der Waals surface area contributed by atoms with Crippen molar-refractivity contribution in [2.45, 2.75) is 45.2 Å². The van der Waals surface area contributed by atoms with Crippen molar-refractivity contribution in [3.63, 3.8) is 0 Å². The lowest BCUT2D eigenvalue weighted by molar-refractivity contribution is -0.138. The summed E-state index contributed by atoms with van der Waals surface area (Å²) >= 11 is 0. The van der Waals surface area contributed by atoms with Gasteiger partial charge in [-0.05, 0) is 47.2 Å². The highest BCUT2D eigenvalue weighted by Crippen LogP contribution is 2.25. The summed E-state index contributed by atoms with van der Waals surface area (Å²) < 4.78 is 1.82. The number of imidazole rings is 1. The van der Waals surface area contributed by atoms with E-state index in [1.165, 1.54) is 0 Å². The number of carbonyl (C=O) groups is 2. The second-order valence-electron chi connectivity index (χ2n) is 10.0. The molecule has 3 aromatic carbocycles. The highest BCUT2D eigenvalue weighted by molar-refractivity contribution is 5.90. The Morgan fingerprint density at radius 2 is 1.67 bits per heavy atom. The maximum absolute atomic E-state index is 13.4. The van der Waals surface area contributed by atoms with Gasteiger partial charge in [-0.1, -0.05) is 68.4 Å². The summed E-state index contributed by atoms with van der Waals surface area (Å²) in [6.45, 7) is 5.02. The highest BCUT2D eigenvalue weighted by Gasteiger charge is 2.32.